The van der Waals surface area contributed by atoms with Gasteiger partial charge in [-0.3, -0.25) is 38.1 Å². The maximum Gasteiger partial charge on any atom is 0.325 e. The summed E-state index contributed by atoms with van der Waals surface area (Å²) < 4.78 is 49.9. The molecule has 0 spiro atoms. The Morgan fingerprint density at radius 3 is 1.26 bits per heavy atom. The van der Waals surface area contributed by atoms with Gasteiger partial charge in [0.05, 0.1) is 38.6 Å². The predicted molar refractivity (Wildman–Crippen MR) is 318 cm³/mol. The van der Waals surface area contributed by atoms with Crippen molar-refractivity contribution in [2.45, 2.75) is 215 Å². The van der Waals surface area contributed by atoms with E-state index in [1.165, 1.54) is 13.8 Å². The van der Waals surface area contributed by atoms with Gasteiger partial charge < -0.3 is 131 Å². The lowest BCUT2D eigenvalue weighted by atomic mass is 9.97. The van der Waals surface area contributed by atoms with Crippen molar-refractivity contribution >= 4 is 48.9 Å². The molecule has 35 heteroatoms. The third kappa shape index (κ3) is 30.8. The normalized spacial score (nSPS) is 27.6. The minimum absolute atomic E-state index is 0.0118. The molecule has 17 atom stereocenters. The number of nitrogens with one attached hydrogen (secondary N) is 5. The van der Waals surface area contributed by atoms with Crippen LogP contribution in [0.1, 0.15) is 117 Å². The van der Waals surface area contributed by atoms with Gasteiger partial charge >= 0.3 is 7.60 Å². The lowest BCUT2D eigenvalue weighted by Crippen LogP contribution is -2.64. The molecule has 3 aliphatic rings. The fourth-order valence-corrected chi connectivity index (χ4v) is 10.5. The van der Waals surface area contributed by atoms with Crippen molar-refractivity contribution in [2.75, 3.05) is 98.7 Å². The van der Waals surface area contributed by atoms with Crippen molar-refractivity contribution in [1.29, 1.82) is 0 Å². The van der Waals surface area contributed by atoms with Gasteiger partial charge in [-0.05, 0) is 70.6 Å². The molecule has 528 valence electrons. The molecule has 8 unspecified atom stereocenters. The maximum atomic E-state index is 13.9. The van der Waals surface area contributed by atoms with Gasteiger partial charge in [0.2, 0.25) is 41.4 Å². The number of carbonyl (C=O) groups is 7. The zero-order chi connectivity index (χ0) is 67.6. The van der Waals surface area contributed by atoms with Gasteiger partial charge in [0.15, 0.2) is 18.9 Å². The molecule has 3 heterocycles. The SMILES string of the molecule is CC(=O)NC1[C@H](OCCCCC(=O)NCCCN(CCCN(CCCNC(=O)CCCCO[C@@H]2OC(CO)[C@H](O)[C@H](O)C2NC(C)=O)C(=O)CCCCC(=O)NCC(O)COP(C)(=O)O)C(=O)CCCCO[C@@H]2OC(CO)[C@H](O)[C@H](O)C2N)OC(CO)[C@H](O)[C@@H]1O. The Morgan fingerprint density at radius 1 is 0.505 bits per heavy atom. The van der Waals surface area contributed by atoms with Crippen LogP contribution in [0.3, 0.4) is 0 Å². The maximum absolute atomic E-state index is 13.9. The summed E-state index contributed by atoms with van der Waals surface area (Å²) in [5, 5.41) is 114. The number of nitrogens with two attached hydrogens (primary N) is 1. The highest BCUT2D eigenvalue weighted by Crippen LogP contribution is 2.36. The largest absolute Gasteiger partial charge is 0.394 e. The first kappa shape index (κ1) is 81.0. The molecule has 0 saturated carbocycles. The molecule has 0 aromatic heterocycles. The third-order valence-electron chi connectivity index (χ3n) is 15.2. The Balaban J connectivity index is 1.60. The first-order valence-corrected chi connectivity index (χ1v) is 33.2. The quantitative estimate of drug-likeness (QED) is 0.0199. The fourth-order valence-electron chi connectivity index (χ4n) is 10.1. The second kappa shape index (κ2) is 43.7. The molecule has 34 nitrogen and oxygen atoms in total. The third-order valence-corrected chi connectivity index (χ3v) is 15.8. The minimum atomic E-state index is -3.84. The summed E-state index contributed by atoms with van der Waals surface area (Å²) in [5.41, 5.74) is 6.00. The van der Waals surface area contributed by atoms with Crippen LogP contribution in [-0.2, 0) is 71.1 Å². The molecular formula is C56H103N8O26P. The number of hydrogen-bond acceptors (Lipinski definition) is 26. The lowest BCUT2D eigenvalue weighted by molar-refractivity contribution is -0.270. The van der Waals surface area contributed by atoms with Gasteiger partial charge in [-0.1, -0.05) is 0 Å². The Kier molecular flexibility index (Phi) is 38.9. The Hall–Kier alpha value is -4.24. The molecule has 0 aromatic carbocycles. The highest BCUT2D eigenvalue weighted by Gasteiger charge is 2.47. The van der Waals surface area contributed by atoms with Crippen molar-refractivity contribution in [3.63, 3.8) is 0 Å². The van der Waals surface area contributed by atoms with E-state index < -0.39 is 150 Å². The van der Waals surface area contributed by atoms with Crippen LogP contribution >= 0.6 is 7.60 Å². The number of unbranched alkanes of at least 4 members (excludes halogenated alkanes) is 4. The molecule has 91 heavy (non-hydrogen) atoms. The summed E-state index contributed by atoms with van der Waals surface area (Å²) in [6.07, 6.45) is -12.8. The molecule has 7 amide bonds. The number of hydrogen-bond donors (Lipinski definition) is 17. The van der Waals surface area contributed by atoms with E-state index in [1.54, 1.807) is 9.80 Å². The summed E-state index contributed by atoms with van der Waals surface area (Å²) in [6, 6.07) is -3.33. The second-order valence-corrected chi connectivity index (χ2v) is 24.8. The summed E-state index contributed by atoms with van der Waals surface area (Å²) in [5.74, 6) is -2.49. The molecule has 0 aliphatic carbocycles. The molecule has 0 aromatic rings. The van der Waals surface area contributed by atoms with E-state index in [9.17, 15) is 94.1 Å². The molecule has 3 saturated heterocycles. The first-order valence-electron chi connectivity index (χ1n) is 31.2. The number of aliphatic hydroxyl groups is 10. The van der Waals surface area contributed by atoms with Crippen molar-refractivity contribution in [1.82, 2.24) is 36.4 Å². The smallest absolute Gasteiger partial charge is 0.325 e. The van der Waals surface area contributed by atoms with Gasteiger partial charge in [0, 0.05) is 118 Å². The number of ether oxygens (including phenoxy) is 6. The van der Waals surface area contributed by atoms with E-state index in [0.717, 1.165) is 6.66 Å². The van der Waals surface area contributed by atoms with E-state index in [1.807, 2.05) is 0 Å². The van der Waals surface area contributed by atoms with Crippen LogP contribution in [0.5, 0.6) is 0 Å². The number of nitrogens with zero attached hydrogens (tertiary/aromatic N) is 2. The topological polar surface area (TPSA) is 516 Å². The number of amides is 7. The van der Waals surface area contributed by atoms with Crippen LogP contribution in [0.2, 0.25) is 0 Å². The Morgan fingerprint density at radius 2 is 0.857 bits per heavy atom. The zero-order valence-electron chi connectivity index (χ0n) is 52.4. The van der Waals surface area contributed by atoms with E-state index in [-0.39, 0.29) is 121 Å². The van der Waals surface area contributed by atoms with Gasteiger partial charge in [-0.2, -0.15) is 0 Å². The van der Waals surface area contributed by atoms with E-state index >= 15 is 0 Å². The van der Waals surface area contributed by atoms with Crippen LogP contribution < -0.4 is 32.3 Å². The van der Waals surface area contributed by atoms with Crippen LogP contribution in [0.15, 0.2) is 0 Å². The van der Waals surface area contributed by atoms with Crippen molar-refractivity contribution in [3.05, 3.63) is 0 Å². The fraction of sp³-hybridized carbons (Fsp3) is 0.875. The van der Waals surface area contributed by atoms with Crippen LogP contribution in [0.25, 0.3) is 0 Å². The summed E-state index contributed by atoms with van der Waals surface area (Å²) >= 11 is 0. The van der Waals surface area contributed by atoms with Gasteiger partial charge in [0.1, 0.15) is 67.0 Å². The van der Waals surface area contributed by atoms with Crippen LogP contribution in [0.4, 0.5) is 0 Å². The summed E-state index contributed by atoms with van der Waals surface area (Å²) in [6.45, 7) is 2.25. The summed E-state index contributed by atoms with van der Waals surface area (Å²) in [4.78, 5) is 102. The van der Waals surface area contributed by atoms with Crippen molar-refractivity contribution < 1.29 is 127 Å². The zero-order valence-corrected chi connectivity index (χ0v) is 53.3. The van der Waals surface area contributed by atoms with Crippen LogP contribution in [-0.4, -0.2) is 304 Å². The van der Waals surface area contributed by atoms with Crippen molar-refractivity contribution in [2.24, 2.45) is 5.73 Å². The minimum Gasteiger partial charge on any atom is -0.394 e. The van der Waals surface area contributed by atoms with E-state index in [4.69, 9.17) is 34.2 Å². The van der Waals surface area contributed by atoms with E-state index in [2.05, 4.69) is 31.1 Å². The Bertz CT molecular complexity index is 2210. The molecule has 3 fully saturated rings. The standard InChI is InChI=1S/C56H103N8O26P/c1-34(68)61-46-52(80)49(77)38(31-66)89-55(46)85-27-9-6-16-40(71)58-20-12-22-63(43(74)18-5-4-15-42(73)60-29-36(70)33-87-91(3,82)83)24-14-25-64(44(75)19-8-11-26-84-54-45(57)51(79)48(76)37(30-65)88-54)23-13-21-59-41(72)17-7-10-28-86-56-47(62-35(2)69)53(81)50(78)39(32-67)90-56/h36-39,45-56,65-67,70,76-81H,4-33,57H2,1-3H3,(H,58,71)(H,59,72)(H,60,73)(H,61,68)(H,62,69)(H,82,83)/t36?,37?,38?,39?,45?,46?,47?,48-,49-,50-,51+,52+,53+,54+,55+,56+/m0/s1. The molecule has 0 bridgehead atoms. The van der Waals surface area contributed by atoms with Gasteiger partial charge in [0.25, 0.3) is 0 Å². The number of carbonyl (C=O) groups excluding carboxylic acids is 7. The molecule has 18 N–H and O–H groups in total. The number of aliphatic hydroxyl groups excluding tert-OH is 10. The lowest BCUT2D eigenvalue weighted by Gasteiger charge is -2.42. The Labute approximate surface area is 530 Å². The highest BCUT2D eigenvalue weighted by atomic mass is 31.2. The van der Waals surface area contributed by atoms with Crippen LogP contribution in [0, 0.1) is 0 Å². The molecule has 3 rings (SSSR count). The van der Waals surface area contributed by atoms with Gasteiger partial charge in [-0.25, -0.2) is 0 Å². The highest BCUT2D eigenvalue weighted by molar-refractivity contribution is 7.51. The van der Waals surface area contributed by atoms with Crippen molar-refractivity contribution in [3.8, 4) is 0 Å². The van der Waals surface area contributed by atoms with E-state index in [0.29, 0.717) is 70.6 Å². The summed E-state index contributed by atoms with van der Waals surface area (Å²) in [7, 11) is -3.84. The average Bonchev–Trinajstić information content (AvgIpc) is 1.35. The average molecular weight is 1340 g/mol. The monoisotopic (exact) mass is 1330 g/mol. The molecular weight excluding hydrogens is 1230 g/mol. The van der Waals surface area contributed by atoms with Gasteiger partial charge in [-0.15, -0.1) is 0 Å². The molecule has 0 radical (unpaired) electrons. The first-order chi connectivity index (χ1) is 43.2. The predicted octanol–water partition coefficient (Wildman–Crippen LogP) is -5.87. The number of rotatable bonds is 45. The second-order valence-electron chi connectivity index (χ2n) is 22.9. The molecule has 3 aliphatic heterocycles.